The van der Waals surface area contributed by atoms with E-state index in [9.17, 15) is 44.3 Å². The predicted molar refractivity (Wildman–Crippen MR) is 77.6 cm³/mol. The summed E-state index contributed by atoms with van der Waals surface area (Å²) in [6.45, 7) is -0.966. The molecule has 0 bridgehead atoms. The van der Waals surface area contributed by atoms with E-state index < -0.39 is 58.7 Å². The van der Waals surface area contributed by atoms with Crippen LogP contribution in [-0.2, 0) is 25.1 Å². The van der Waals surface area contributed by atoms with E-state index in [1.54, 1.807) is 0 Å². The van der Waals surface area contributed by atoms with Crippen LogP contribution in [-0.4, -0.2) is 6.29 Å². The smallest absolute Gasteiger partial charge is 0.416 e. The molecule has 152 valence electrons. The Labute approximate surface area is 151 Å². The molecule has 0 N–H and O–H groups in total. The molecule has 0 spiro atoms. The van der Waals surface area contributed by atoms with Crippen LogP contribution < -0.4 is 4.74 Å². The molecule has 0 heterocycles. The van der Waals surface area contributed by atoms with E-state index in [1.165, 1.54) is 0 Å². The first-order valence-electron chi connectivity index (χ1n) is 7.29. The van der Waals surface area contributed by atoms with Crippen molar-refractivity contribution in [2.24, 2.45) is 0 Å². The van der Waals surface area contributed by atoms with Crippen molar-refractivity contribution in [1.29, 1.82) is 0 Å². The number of halogens is 9. The second-order valence-electron chi connectivity index (χ2n) is 5.56. The highest BCUT2D eigenvalue weighted by Crippen LogP contribution is 2.38. The van der Waals surface area contributed by atoms with Gasteiger partial charge in [0.25, 0.3) is 0 Å². The van der Waals surface area contributed by atoms with Crippen LogP contribution >= 0.6 is 0 Å². The van der Waals surface area contributed by atoms with Gasteiger partial charge in [-0.25, -0.2) is 0 Å². The zero-order valence-corrected chi connectivity index (χ0v) is 13.5. The number of ether oxygens (including phenoxy) is 1. The molecule has 0 aliphatic carbocycles. The molecule has 0 atom stereocenters. The van der Waals surface area contributed by atoms with Crippen LogP contribution in [0.2, 0.25) is 0 Å². The summed E-state index contributed by atoms with van der Waals surface area (Å²) in [5.74, 6) is -0.565. The van der Waals surface area contributed by atoms with Crippen molar-refractivity contribution in [3.05, 3.63) is 64.2 Å². The number of hydrogen-bond acceptors (Lipinski definition) is 2. The Bertz CT molecular complexity index is 864. The van der Waals surface area contributed by atoms with E-state index >= 15 is 0 Å². The van der Waals surface area contributed by atoms with Gasteiger partial charge in [0.2, 0.25) is 0 Å². The molecule has 0 amide bonds. The molecule has 11 heteroatoms. The van der Waals surface area contributed by atoms with Gasteiger partial charge in [-0.2, -0.15) is 39.5 Å². The lowest BCUT2D eigenvalue weighted by Gasteiger charge is -2.17. The average Bonchev–Trinajstić information content (AvgIpc) is 2.57. The number of carbonyl (C=O) groups is 1. The Morgan fingerprint density at radius 3 is 1.86 bits per heavy atom. The lowest BCUT2D eigenvalue weighted by atomic mass is 10.0. The van der Waals surface area contributed by atoms with Gasteiger partial charge in [0.1, 0.15) is 18.6 Å². The molecule has 2 rings (SSSR count). The van der Waals surface area contributed by atoms with E-state index in [1.807, 2.05) is 0 Å². The third-order valence-corrected chi connectivity index (χ3v) is 3.53. The number of hydrogen-bond donors (Lipinski definition) is 0. The maximum atomic E-state index is 13.1. The number of carbonyl (C=O) groups excluding carboxylic acids is 1. The van der Waals surface area contributed by atoms with E-state index in [0.29, 0.717) is 24.3 Å². The van der Waals surface area contributed by atoms with Gasteiger partial charge in [-0.1, -0.05) is 6.07 Å². The summed E-state index contributed by atoms with van der Waals surface area (Å²) in [5, 5.41) is 0. The van der Waals surface area contributed by atoms with Crippen molar-refractivity contribution < 1.29 is 49.0 Å². The maximum Gasteiger partial charge on any atom is 0.416 e. The van der Waals surface area contributed by atoms with Crippen LogP contribution in [0, 0.1) is 0 Å². The van der Waals surface area contributed by atoms with Crippen LogP contribution in [0.4, 0.5) is 39.5 Å². The largest absolute Gasteiger partial charge is 0.489 e. The van der Waals surface area contributed by atoms with Gasteiger partial charge < -0.3 is 4.74 Å². The van der Waals surface area contributed by atoms with Crippen molar-refractivity contribution >= 4 is 6.29 Å². The van der Waals surface area contributed by atoms with Crippen molar-refractivity contribution in [1.82, 2.24) is 0 Å². The third-order valence-electron chi connectivity index (χ3n) is 3.53. The number of benzene rings is 2. The van der Waals surface area contributed by atoms with E-state index in [-0.39, 0.29) is 12.4 Å². The third kappa shape index (κ3) is 5.17. The molecule has 2 aromatic rings. The molecule has 2 nitrogen and oxygen atoms in total. The molecule has 0 fully saturated rings. The topological polar surface area (TPSA) is 26.3 Å². The Kier molecular flexibility index (Phi) is 5.67. The number of alkyl halides is 9. The second-order valence-corrected chi connectivity index (χ2v) is 5.56. The first kappa shape index (κ1) is 21.6. The highest BCUT2D eigenvalue weighted by Gasteiger charge is 2.38. The molecule has 0 aromatic heterocycles. The first-order valence-corrected chi connectivity index (χ1v) is 7.29. The van der Waals surface area contributed by atoms with Gasteiger partial charge in [0.05, 0.1) is 16.7 Å². The Balaban J connectivity index is 2.38. The SMILES string of the molecule is O=Cc1cc(OCc2ccc(C(F)(F)F)cc2C(F)(F)F)cc(C(F)(F)F)c1. The van der Waals surface area contributed by atoms with Gasteiger partial charge in [-0.05, 0) is 30.3 Å². The lowest BCUT2D eigenvalue weighted by Crippen LogP contribution is -2.14. The standard InChI is InChI=1S/C17H9F9O2/c18-15(19,20)11-2-1-10(14(6-11)17(24,25)26)8-28-13-4-9(7-27)3-12(5-13)16(21,22)23/h1-7H,8H2. The predicted octanol–water partition coefficient (Wildman–Crippen LogP) is 6.13. The molecule has 0 unspecified atom stereocenters. The van der Waals surface area contributed by atoms with Gasteiger partial charge in [-0.15, -0.1) is 0 Å². The maximum absolute atomic E-state index is 13.1. The number of rotatable bonds is 4. The van der Waals surface area contributed by atoms with Crippen LogP contribution in [0.1, 0.15) is 32.6 Å². The van der Waals surface area contributed by atoms with Crippen LogP contribution in [0.3, 0.4) is 0 Å². The molecule has 0 saturated carbocycles. The van der Waals surface area contributed by atoms with Crippen LogP contribution in [0.25, 0.3) is 0 Å². The van der Waals surface area contributed by atoms with Gasteiger partial charge >= 0.3 is 18.5 Å². The molecule has 2 aromatic carbocycles. The fourth-order valence-electron chi connectivity index (χ4n) is 2.24. The average molecular weight is 416 g/mol. The molecule has 0 radical (unpaired) electrons. The summed E-state index contributed by atoms with van der Waals surface area (Å²) < 4.78 is 120. The molecule has 0 saturated heterocycles. The monoisotopic (exact) mass is 416 g/mol. The summed E-state index contributed by atoms with van der Waals surface area (Å²) in [6, 6.07) is 2.65. The Morgan fingerprint density at radius 2 is 1.36 bits per heavy atom. The highest BCUT2D eigenvalue weighted by molar-refractivity contribution is 5.76. The molecular weight excluding hydrogens is 407 g/mol. The molecule has 0 aliphatic heterocycles. The van der Waals surface area contributed by atoms with E-state index in [2.05, 4.69) is 0 Å². The summed E-state index contributed by atoms with van der Waals surface area (Å²) in [7, 11) is 0. The minimum Gasteiger partial charge on any atom is -0.489 e. The molecular formula is C17H9F9O2. The molecule has 28 heavy (non-hydrogen) atoms. The van der Waals surface area contributed by atoms with Crippen molar-refractivity contribution in [2.75, 3.05) is 0 Å². The van der Waals surface area contributed by atoms with Gasteiger partial charge in [0, 0.05) is 11.1 Å². The van der Waals surface area contributed by atoms with Crippen LogP contribution in [0.5, 0.6) is 5.75 Å². The van der Waals surface area contributed by atoms with Gasteiger partial charge in [-0.3, -0.25) is 4.79 Å². The Hall–Kier alpha value is -2.72. The summed E-state index contributed by atoms with van der Waals surface area (Å²) in [4.78, 5) is 10.8. The highest BCUT2D eigenvalue weighted by atomic mass is 19.4. The number of aldehydes is 1. The van der Waals surface area contributed by atoms with Crippen LogP contribution in [0.15, 0.2) is 36.4 Å². The zero-order chi connectivity index (χ0) is 21.3. The van der Waals surface area contributed by atoms with E-state index in [4.69, 9.17) is 4.74 Å². The van der Waals surface area contributed by atoms with Crippen molar-refractivity contribution in [3.63, 3.8) is 0 Å². The Morgan fingerprint density at radius 1 is 0.750 bits per heavy atom. The fraction of sp³-hybridized carbons (Fsp3) is 0.235. The second kappa shape index (κ2) is 7.36. The first-order chi connectivity index (χ1) is 12.7. The molecule has 0 aliphatic rings. The minimum atomic E-state index is -5.15. The fourth-order valence-corrected chi connectivity index (χ4v) is 2.24. The summed E-state index contributed by atoms with van der Waals surface area (Å²) in [6.07, 6.45) is -14.9. The zero-order valence-electron chi connectivity index (χ0n) is 13.5. The summed E-state index contributed by atoms with van der Waals surface area (Å²) in [5.41, 5.74) is -5.59. The van der Waals surface area contributed by atoms with Crippen molar-refractivity contribution in [2.45, 2.75) is 25.1 Å². The van der Waals surface area contributed by atoms with E-state index in [0.717, 1.165) is 6.07 Å². The van der Waals surface area contributed by atoms with Gasteiger partial charge in [0.15, 0.2) is 0 Å². The lowest BCUT2D eigenvalue weighted by molar-refractivity contribution is -0.143. The normalized spacial score (nSPS) is 12.8. The quantitative estimate of drug-likeness (QED) is 0.443. The minimum absolute atomic E-state index is 0.0847. The summed E-state index contributed by atoms with van der Waals surface area (Å²) >= 11 is 0. The van der Waals surface area contributed by atoms with Crippen molar-refractivity contribution in [3.8, 4) is 5.75 Å².